The van der Waals surface area contributed by atoms with Gasteiger partial charge in [-0.1, -0.05) is 24.3 Å². The normalized spacial score (nSPS) is 24.3. The van der Waals surface area contributed by atoms with Gasteiger partial charge >= 0.3 is 0 Å². The Kier molecular flexibility index (Phi) is 5.03. The summed E-state index contributed by atoms with van der Waals surface area (Å²) in [6, 6.07) is 13.7. The summed E-state index contributed by atoms with van der Waals surface area (Å²) in [5, 5.41) is 13.8. The largest absolute Gasteiger partial charge is 0.488 e. The summed E-state index contributed by atoms with van der Waals surface area (Å²) in [6.07, 6.45) is 5.00. The number of benzene rings is 1. The average molecular weight is 298 g/mol. The minimum absolute atomic E-state index is 0.104. The number of hydrogen-bond acceptors (Lipinski definition) is 4. The molecule has 0 bridgehead atoms. The van der Waals surface area contributed by atoms with E-state index in [4.69, 9.17) is 4.74 Å². The molecule has 0 radical (unpaired) electrons. The van der Waals surface area contributed by atoms with E-state index in [1.54, 1.807) is 6.20 Å². The zero-order valence-electron chi connectivity index (χ0n) is 12.6. The number of aliphatic hydroxyl groups excluding tert-OH is 1. The van der Waals surface area contributed by atoms with Crippen molar-refractivity contribution in [2.45, 2.75) is 31.6 Å². The van der Waals surface area contributed by atoms with E-state index >= 15 is 0 Å². The smallest absolute Gasteiger partial charge is 0.125 e. The van der Waals surface area contributed by atoms with Gasteiger partial charge in [-0.25, -0.2) is 0 Å². The molecule has 3 atom stereocenters. The lowest BCUT2D eigenvalue weighted by molar-refractivity contribution is 0.0350. The summed E-state index contributed by atoms with van der Waals surface area (Å²) in [5.74, 6) is 1.07. The summed E-state index contributed by atoms with van der Waals surface area (Å²) in [4.78, 5) is 4.10. The molecule has 4 heteroatoms. The van der Waals surface area contributed by atoms with E-state index in [0.29, 0.717) is 0 Å². The zero-order chi connectivity index (χ0) is 15.2. The quantitative estimate of drug-likeness (QED) is 0.860. The highest BCUT2D eigenvalue weighted by Gasteiger charge is 2.35. The second kappa shape index (κ2) is 7.38. The Morgan fingerprint density at radius 2 is 2.00 bits per heavy atom. The van der Waals surface area contributed by atoms with Crippen molar-refractivity contribution < 1.29 is 9.84 Å². The van der Waals surface area contributed by atoms with Crippen LogP contribution in [-0.2, 0) is 6.54 Å². The van der Waals surface area contributed by atoms with Gasteiger partial charge in [-0.05, 0) is 36.6 Å². The molecule has 0 saturated heterocycles. The first-order valence-corrected chi connectivity index (χ1v) is 7.82. The van der Waals surface area contributed by atoms with Crippen molar-refractivity contribution in [3.63, 3.8) is 0 Å². The molecule has 1 aromatic carbocycles. The summed E-state index contributed by atoms with van der Waals surface area (Å²) in [5.41, 5.74) is 1.16. The van der Waals surface area contributed by atoms with E-state index in [1.807, 2.05) is 48.7 Å². The molecule has 22 heavy (non-hydrogen) atoms. The molecule has 1 aliphatic rings. The molecule has 2 aromatic rings. The van der Waals surface area contributed by atoms with E-state index < -0.39 is 6.10 Å². The van der Waals surface area contributed by atoms with Gasteiger partial charge in [0.15, 0.2) is 0 Å². The first-order valence-electron chi connectivity index (χ1n) is 7.82. The number of aliphatic hydroxyl groups is 1. The van der Waals surface area contributed by atoms with Crippen LogP contribution in [-0.4, -0.2) is 28.8 Å². The average Bonchev–Trinajstić information content (AvgIpc) is 2.90. The van der Waals surface area contributed by atoms with Crippen LogP contribution in [0.15, 0.2) is 54.9 Å². The molecule has 0 amide bonds. The number of pyridine rings is 1. The fraction of sp³-hybridized carbons (Fsp3) is 0.389. The molecule has 3 rings (SSSR count). The second-order valence-electron chi connectivity index (χ2n) is 5.79. The van der Waals surface area contributed by atoms with Gasteiger partial charge in [-0.15, -0.1) is 0 Å². The van der Waals surface area contributed by atoms with Crippen molar-refractivity contribution in [2.75, 3.05) is 6.54 Å². The Morgan fingerprint density at radius 1 is 1.14 bits per heavy atom. The Balaban J connectivity index is 1.46. The van der Waals surface area contributed by atoms with E-state index in [1.165, 1.54) is 0 Å². The Bertz CT molecular complexity index is 562. The molecule has 1 aliphatic carbocycles. The molecule has 0 aliphatic heterocycles. The Morgan fingerprint density at radius 3 is 2.77 bits per heavy atom. The number of para-hydroxylation sites is 1. The number of hydrogen-bond donors (Lipinski definition) is 2. The van der Waals surface area contributed by atoms with Crippen LogP contribution in [0.1, 0.15) is 18.4 Å². The van der Waals surface area contributed by atoms with E-state index in [9.17, 15) is 5.11 Å². The zero-order valence-corrected chi connectivity index (χ0v) is 12.6. The fourth-order valence-corrected chi connectivity index (χ4v) is 2.95. The molecule has 1 heterocycles. The van der Waals surface area contributed by atoms with Gasteiger partial charge in [0.25, 0.3) is 0 Å². The van der Waals surface area contributed by atoms with Crippen molar-refractivity contribution >= 4 is 0 Å². The maximum Gasteiger partial charge on any atom is 0.125 e. The van der Waals surface area contributed by atoms with Crippen LogP contribution in [0.5, 0.6) is 5.75 Å². The van der Waals surface area contributed by atoms with Crippen LogP contribution in [0.25, 0.3) is 0 Å². The van der Waals surface area contributed by atoms with Gasteiger partial charge in [0, 0.05) is 31.4 Å². The van der Waals surface area contributed by atoms with E-state index in [-0.39, 0.29) is 12.0 Å². The second-order valence-corrected chi connectivity index (χ2v) is 5.79. The van der Waals surface area contributed by atoms with Crippen LogP contribution in [0, 0.1) is 5.92 Å². The monoisotopic (exact) mass is 298 g/mol. The molecule has 2 N–H and O–H groups in total. The molecule has 1 saturated carbocycles. The van der Waals surface area contributed by atoms with Crippen LogP contribution < -0.4 is 10.1 Å². The minimum atomic E-state index is -0.415. The lowest BCUT2D eigenvalue weighted by Crippen LogP contribution is -2.35. The maximum absolute atomic E-state index is 10.4. The summed E-state index contributed by atoms with van der Waals surface area (Å²) < 4.78 is 5.89. The standard InChI is InChI=1S/C18H22N2O2/c21-18-15(13-20-12-14-5-4-10-19-11-14)8-9-17(18)22-16-6-2-1-3-7-16/h1-7,10-11,15,17-18,20-21H,8-9,12-13H2/t15-,17-,18-/m1/s1. The Labute approximate surface area is 131 Å². The summed E-state index contributed by atoms with van der Waals surface area (Å²) in [6.45, 7) is 1.58. The molecular formula is C18H22N2O2. The van der Waals surface area contributed by atoms with Crippen molar-refractivity contribution in [3.05, 3.63) is 60.4 Å². The van der Waals surface area contributed by atoms with Crippen LogP contribution in [0.4, 0.5) is 0 Å². The van der Waals surface area contributed by atoms with E-state index in [2.05, 4.69) is 10.3 Å². The summed E-state index contributed by atoms with van der Waals surface area (Å²) >= 11 is 0. The number of nitrogens with zero attached hydrogens (tertiary/aromatic N) is 1. The molecule has 4 nitrogen and oxygen atoms in total. The van der Waals surface area contributed by atoms with Crippen molar-refractivity contribution in [2.24, 2.45) is 5.92 Å². The first-order chi connectivity index (χ1) is 10.8. The van der Waals surface area contributed by atoms with Gasteiger partial charge in [0.2, 0.25) is 0 Å². The highest BCUT2D eigenvalue weighted by Crippen LogP contribution is 2.29. The predicted molar refractivity (Wildman–Crippen MR) is 85.5 cm³/mol. The third kappa shape index (κ3) is 3.84. The van der Waals surface area contributed by atoms with Crippen LogP contribution in [0.3, 0.4) is 0 Å². The van der Waals surface area contributed by atoms with Crippen LogP contribution >= 0.6 is 0 Å². The predicted octanol–water partition coefficient (Wildman–Crippen LogP) is 2.39. The highest BCUT2D eigenvalue weighted by molar-refractivity contribution is 5.21. The molecule has 0 unspecified atom stereocenters. The topological polar surface area (TPSA) is 54.4 Å². The third-order valence-corrected chi connectivity index (χ3v) is 4.17. The maximum atomic E-state index is 10.4. The van der Waals surface area contributed by atoms with Gasteiger partial charge in [-0.2, -0.15) is 0 Å². The Hall–Kier alpha value is -1.91. The highest BCUT2D eigenvalue weighted by atomic mass is 16.5. The lowest BCUT2D eigenvalue weighted by Gasteiger charge is -2.21. The SMILES string of the molecule is O[C@@H]1[C@@H](CNCc2cccnc2)CC[C@H]1Oc1ccccc1. The number of ether oxygens (including phenoxy) is 1. The number of nitrogens with one attached hydrogen (secondary N) is 1. The molecule has 116 valence electrons. The van der Waals surface area contributed by atoms with Gasteiger partial charge in [0.05, 0.1) is 6.10 Å². The third-order valence-electron chi connectivity index (χ3n) is 4.17. The molecule has 1 aromatic heterocycles. The van der Waals surface area contributed by atoms with Crippen LogP contribution in [0.2, 0.25) is 0 Å². The molecule has 0 spiro atoms. The van der Waals surface area contributed by atoms with Gasteiger partial charge in [-0.3, -0.25) is 4.98 Å². The first kappa shape index (κ1) is 15.0. The van der Waals surface area contributed by atoms with Gasteiger partial charge < -0.3 is 15.2 Å². The number of aromatic nitrogens is 1. The van der Waals surface area contributed by atoms with E-state index in [0.717, 1.165) is 37.2 Å². The lowest BCUT2D eigenvalue weighted by atomic mass is 10.1. The van der Waals surface area contributed by atoms with Crippen molar-refractivity contribution in [1.82, 2.24) is 10.3 Å². The fourth-order valence-electron chi connectivity index (χ4n) is 2.95. The molecule has 1 fully saturated rings. The van der Waals surface area contributed by atoms with Crippen molar-refractivity contribution in [3.8, 4) is 5.75 Å². The summed E-state index contributed by atoms with van der Waals surface area (Å²) in [7, 11) is 0. The minimum Gasteiger partial charge on any atom is -0.488 e. The number of rotatable bonds is 6. The van der Waals surface area contributed by atoms with Gasteiger partial charge in [0.1, 0.15) is 11.9 Å². The van der Waals surface area contributed by atoms with Crippen molar-refractivity contribution in [1.29, 1.82) is 0 Å². The molecular weight excluding hydrogens is 276 g/mol.